The first-order valence-corrected chi connectivity index (χ1v) is 6.67. The van der Waals surface area contributed by atoms with Gasteiger partial charge in [-0.25, -0.2) is 0 Å². The Labute approximate surface area is 119 Å². The van der Waals surface area contributed by atoms with Gasteiger partial charge in [0.15, 0.2) is 0 Å². The van der Waals surface area contributed by atoms with Crippen molar-refractivity contribution in [3.63, 3.8) is 0 Å². The van der Waals surface area contributed by atoms with Gasteiger partial charge in [-0.2, -0.15) is 0 Å². The number of halogens is 1. The molecule has 0 aromatic heterocycles. The molecular formula is C14H21ClN2O2. The lowest BCUT2D eigenvalue weighted by Crippen LogP contribution is -2.41. The van der Waals surface area contributed by atoms with Crippen molar-refractivity contribution in [3.8, 4) is 5.75 Å². The van der Waals surface area contributed by atoms with Crippen LogP contribution >= 0.6 is 11.6 Å². The highest BCUT2D eigenvalue weighted by Crippen LogP contribution is 2.22. The van der Waals surface area contributed by atoms with E-state index in [1.807, 2.05) is 19.9 Å². The molecule has 1 atom stereocenters. The maximum atomic E-state index is 11.8. The Balaban J connectivity index is 2.59. The van der Waals surface area contributed by atoms with Gasteiger partial charge in [0.2, 0.25) is 5.91 Å². The monoisotopic (exact) mass is 284 g/mol. The van der Waals surface area contributed by atoms with Gasteiger partial charge in [-0.1, -0.05) is 31.5 Å². The molecule has 3 N–H and O–H groups in total. The number of carbonyl (C=O) groups is 1. The van der Waals surface area contributed by atoms with Crippen molar-refractivity contribution >= 4 is 17.5 Å². The lowest BCUT2D eigenvalue weighted by molar-refractivity contribution is -0.122. The summed E-state index contributed by atoms with van der Waals surface area (Å²) in [6.07, 6.45) is 0.670. The van der Waals surface area contributed by atoms with Crippen molar-refractivity contribution < 1.29 is 9.53 Å². The van der Waals surface area contributed by atoms with Crippen molar-refractivity contribution in [1.29, 1.82) is 0 Å². The Bertz CT molecular complexity index is 435. The van der Waals surface area contributed by atoms with Gasteiger partial charge in [0.25, 0.3) is 0 Å². The number of nitrogens with two attached hydrogens (primary N) is 1. The molecule has 0 saturated heterocycles. The minimum Gasteiger partial charge on any atom is -0.496 e. The standard InChI is InChI=1S/C14H21ClN2O2/c1-9(2)6-12(16)14(18)17-8-10-4-5-11(15)7-13(10)19-3/h4-5,7,9,12H,6,8,16H2,1-3H3,(H,17,18)/t12-/m0/s1. The van der Waals surface area contributed by atoms with Crippen LogP contribution < -0.4 is 15.8 Å². The third-order valence-corrected chi connectivity index (χ3v) is 3.00. The van der Waals surface area contributed by atoms with E-state index in [0.29, 0.717) is 29.7 Å². The molecule has 0 aliphatic carbocycles. The minimum absolute atomic E-state index is 0.147. The van der Waals surface area contributed by atoms with Gasteiger partial charge in [0.1, 0.15) is 5.75 Å². The molecule has 5 heteroatoms. The van der Waals surface area contributed by atoms with Crippen LogP contribution in [0.15, 0.2) is 18.2 Å². The second-order valence-corrected chi connectivity index (χ2v) is 5.35. The van der Waals surface area contributed by atoms with E-state index >= 15 is 0 Å². The largest absolute Gasteiger partial charge is 0.496 e. The predicted molar refractivity (Wildman–Crippen MR) is 77.3 cm³/mol. The zero-order valence-corrected chi connectivity index (χ0v) is 12.3. The molecule has 0 heterocycles. The van der Waals surface area contributed by atoms with Crippen molar-refractivity contribution in [3.05, 3.63) is 28.8 Å². The van der Waals surface area contributed by atoms with E-state index in [1.54, 1.807) is 19.2 Å². The molecule has 0 aliphatic rings. The lowest BCUT2D eigenvalue weighted by atomic mass is 10.0. The van der Waals surface area contributed by atoms with Crippen LogP contribution in [0.2, 0.25) is 5.02 Å². The molecule has 0 fully saturated rings. The van der Waals surface area contributed by atoms with E-state index in [-0.39, 0.29) is 5.91 Å². The molecule has 1 rings (SSSR count). The summed E-state index contributed by atoms with van der Waals surface area (Å²) in [5.74, 6) is 0.904. The SMILES string of the molecule is COc1cc(Cl)ccc1CNC(=O)[C@@H](N)CC(C)C. The van der Waals surface area contributed by atoms with Gasteiger partial charge < -0.3 is 15.8 Å². The number of carbonyl (C=O) groups excluding carboxylic acids is 1. The first-order chi connectivity index (χ1) is 8.93. The maximum absolute atomic E-state index is 11.8. The Hall–Kier alpha value is -1.26. The number of nitrogens with one attached hydrogen (secondary N) is 1. The van der Waals surface area contributed by atoms with E-state index in [1.165, 1.54) is 0 Å². The Morgan fingerprint density at radius 3 is 2.74 bits per heavy atom. The van der Waals surface area contributed by atoms with Crippen LogP contribution in [0.4, 0.5) is 0 Å². The van der Waals surface area contributed by atoms with Crippen LogP contribution in [-0.4, -0.2) is 19.1 Å². The van der Waals surface area contributed by atoms with Crippen LogP contribution in [0.3, 0.4) is 0 Å². The molecule has 1 amide bonds. The minimum atomic E-state index is -0.474. The highest BCUT2D eigenvalue weighted by molar-refractivity contribution is 6.30. The molecule has 106 valence electrons. The smallest absolute Gasteiger partial charge is 0.237 e. The van der Waals surface area contributed by atoms with E-state index in [4.69, 9.17) is 22.1 Å². The molecule has 19 heavy (non-hydrogen) atoms. The number of hydrogen-bond acceptors (Lipinski definition) is 3. The summed E-state index contributed by atoms with van der Waals surface area (Å²) in [7, 11) is 1.57. The summed E-state index contributed by atoms with van der Waals surface area (Å²) in [4.78, 5) is 11.8. The quantitative estimate of drug-likeness (QED) is 0.843. The summed E-state index contributed by atoms with van der Waals surface area (Å²) < 4.78 is 5.22. The zero-order valence-electron chi connectivity index (χ0n) is 11.6. The second-order valence-electron chi connectivity index (χ2n) is 4.91. The summed E-state index contributed by atoms with van der Waals surface area (Å²) in [6.45, 7) is 4.45. The molecule has 0 aliphatic heterocycles. The summed E-state index contributed by atoms with van der Waals surface area (Å²) in [5, 5.41) is 3.41. The topological polar surface area (TPSA) is 64.3 Å². The first kappa shape index (κ1) is 15.8. The average Bonchev–Trinajstić information content (AvgIpc) is 2.35. The van der Waals surface area contributed by atoms with Gasteiger partial charge in [0.05, 0.1) is 13.2 Å². The fourth-order valence-electron chi connectivity index (χ4n) is 1.79. The number of rotatable bonds is 6. The highest BCUT2D eigenvalue weighted by Gasteiger charge is 2.15. The Kier molecular flexibility index (Phi) is 6.12. The van der Waals surface area contributed by atoms with Gasteiger partial charge >= 0.3 is 0 Å². The first-order valence-electron chi connectivity index (χ1n) is 6.29. The molecule has 0 saturated carbocycles. The summed E-state index contributed by atoms with van der Waals surface area (Å²) >= 11 is 5.88. The molecule has 0 bridgehead atoms. The Morgan fingerprint density at radius 1 is 1.47 bits per heavy atom. The summed E-state index contributed by atoms with van der Waals surface area (Å²) in [5.41, 5.74) is 6.68. The molecule has 4 nitrogen and oxygen atoms in total. The lowest BCUT2D eigenvalue weighted by Gasteiger charge is -2.15. The number of methoxy groups -OCH3 is 1. The van der Waals surface area contributed by atoms with Crippen LogP contribution in [0.1, 0.15) is 25.8 Å². The van der Waals surface area contributed by atoms with E-state index in [9.17, 15) is 4.79 Å². The van der Waals surface area contributed by atoms with E-state index in [2.05, 4.69) is 5.32 Å². The van der Waals surface area contributed by atoms with Crippen LogP contribution in [0.5, 0.6) is 5.75 Å². The third-order valence-electron chi connectivity index (χ3n) is 2.76. The molecule has 1 aromatic carbocycles. The van der Waals surface area contributed by atoms with Gasteiger partial charge in [-0.15, -0.1) is 0 Å². The number of amides is 1. The zero-order chi connectivity index (χ0) is 14.4. The van der Waals surface area contributed by atoms with Crippen molar-refractivity contribution in [2.75, 3.05) is 7.11 Å². The van der Waals surface area contributed by atoms with Crippen molar-refractivity contribution in [2.45, 2.75) is 32.9 Å². The van der Waals surface area contributed by atoms with Gasteiger partial charge in [-0.05, 0) is 24.5 Å². The van der Waals surface area contributed by atoms with Crippen molar-refractivity contribution in [2.24, 2.45) is 11.7 Å². The number of hydrogen-bond donors (Lipinski definition) is 2. The second kappa shape index (κ2) is 7.36. The molecular weight excluding hydrogens is 264 g/mol. The van der Waals surface area contributed by atoms with E-state index in [0.717, 1.165) is 5.56 Å². The Morgan fingerprint density at radius 2 is 2.16 bits per heavy atom. The van der Waals surface area contributed by atoms with Crippen molar-refractivity contribution in [1.82, 2.24) is 5.32 Å². The van der Waals surface area contributed by atoms with E-state index < -0.39 is 6.04 Å². The number of ether oxygens (including phenoxy) is 1. The maximum Gasteiger partial charge on any atom is 0.237 e. The highest BCUT2D eigenvalue weighted by atomic mass is 35.5. The van der Waals surface area contributed by atoms with Crippen LogP contribution in [0, 0.1) is 5.92 Å². The molecule has 0 spiro atoms. The van der Waals surface area contributed by atoms with Crippen LogP contribution in [0.25, 0.3) is 0 Å². The molecule has 1 aromatic rings. The number of benzene rings is 1. The van der Waals surface area contributed by atoms with Crippen LogP contribution in [-0.2, 0) is 11.3 Å². The molecule has 0 radical (unpaired) electrons. The third kappa shape index (κ3) is 5.09. The fraction of sp³-hybridized carbons (Fsp3) is 0.500. The predicted octanol–water partition coefficient (Wildman–Crippen LogP) is 2.34. The van der Waals surface area contributed by atoms with Gasteiger partial charge in [0, 0.05) is 17.1 Å². The normalized spacial score (nSPS) is 12.3. The fourth-order valence-corrected chi connectivity index (χ4v) is 1.95. The average molecular weight is 285 g/mol. The summed E-state index contributed by atoms with van der Waals surface area (Å²) in [6, 6.07) is 4.84. The molecule has 0 unspecified atom stereocenters. The van der Waals surface area contributed by atoms with Gasteiger partial charge in [-0.3, -0.25) is 4.79 Å².